The third-order valence-corrected chi connectivity index (χ3v) is 6.72. The monoisotopic (exact) mass is 529 g/mol. The van der Waals surface area contributed by atoms with Crippen LogP contribution in [0.15, 0.2) is 36.4 Å². The zero-order valence-electron chi connectivity index (χ0n) is 28.5. The number of anilines is 1. The normalized spacial score (nSPS) is 31.1. The molecule has 202 valence electrons. The summed E-state index contributed by atoms with van der Waals surface area (Å²) in [6.07, 6.45) is 0.360. The fourth-order valence-corrected chi connectivity index (χ4v) is 5.20. The van der Waals surface area contributed by atoms with Crippen molar-refractivity contribution in [1.29, 1.82) is 0 Å². The maximum atomic E-state index is 15.4. The lowest BCUT2D eigenvalue weighted by atomic mass is 9.98. The van der Waals surface area contributed by atoms with Crippen LogP contribution >= 0.6 is 0 Å². The van der Waals surface area contributed by atoms with Gasteiger partial charge in [0.1, 0.15) is 11.9 Å². The maximum absolute atomic E-state index is 15.4. The van der Waals surface area contributed by atoms with Gasteiger partial charge in [0.15, 0.2) is 0 Å². The molecule has 0 aliphatic carbocycles. The van der Waals surface area contributed by atoms with Crippen LogP contribution in [0.4, 0.5) is 10.1 Å². The first kappa shape index (κ1) is 18.9. The predicted molar refractivity (Wildman–Crippen MR) is 141 cm³/mol. The number of amides is 3. The molecule has 0 radical (unpaired) electrons. The standard InChI is InChI=1S/C29H35FN4O4/c1-28(2)16-33(17-29(3,4)38-28)14-18-8-9-19(22(30)12-18)13-31-23-7-5-6-20-21(23)15-34(27(20)37)24-10-11-25(35)32-26(24)36/h5-9,12,24,31H,10-11,13-17H2,1-4H3,(H,32,35,36)/i1D3,16D2,17D2. The van der Waals surface area contributed by atoms with E-state index in [1.807, 2.05) is 0 Å². The van der Waals surface area contributed by atoms with Crippen LogP contribution in [0.25, 0.3) is 0 Å². The third-order valence-electron chi connectivity index (χ3n) is 6.72. The molecular formula is C29H35FN4O4. The van der Waals surface area contributed by atoms with Gasteiger partial charge in [-0.15, -0.1) is 0 Å². The zero-order valence-corrected chi connectivity index (χ0v) is 21.5. The summed E-state index contributed by atoms with van der Waals surface area (Å²) in [6.45, 7) is -4.70. The minimum absolute atomic E-state index is 0.0124. The van der Waals surface area contributed by atoms with Crippen molar-refractivity contribution in [2.75, 3.05) is 18.3 Å². The number of rotatable bonds is 6. The summed E-state index contributed by atoms with van der Waals surface area (Å²) in [7, 11) is 0. The van der Waals surface area contributed by atoms with Gasteiger partial charge >= 0.3 is 0 Å². The van der Waals surface area contributed by atoms with Crippen molar-refractivity contribution in [2.45, 2.75) is 77.3 Å². The molecular weight excluding hydrogens is 487 g/mol. The molecule has 9 heteroatoms. The van der Waals surface area contributed by atoms with Crippen molar-refractivity contribution in [3.63, 3.8) is 0 Å². The second-order valence-electron chi connectivity index (χ2n) is 10.5. The highest BCUT2D eigenvalue weighted by Crippen LogP contribution is 2.33. The first-order chi connectivity index (χ1) is 20.7. The number of nitrogens with zero attached hydrogens (tertiary/aromatic N) is 2. The second kappa shape index (κ2) is 9.78. The number of hydrogen-bond donors (Lipinski definition) is 2. The van der Waals surface area contributed by atoms with Crippen LogP contribution in [-0.4, -0.2) is 57.8 Å². The molecule has 0 spiro atoms. The first-order valence-electron chi connectivity index (χ1n) is 16.0. The van der Waals surface area contributed by atoms with Crippen molar-refractivity contribution < 1.29 is 33.1 Å². The molecule has 0 saturated carbocycles. The highest BCUT2D eigenvalue weighted by molar-refractivity contribution is 6.06. The van der Waals surface area contributed by atoms with E-state index in [1.54, 1.807) is 18.2 Å². The third kappa shape index (κ3) is 5.44. The predicted octanol–water partition coefficient (Wildman–Crippen LogP) is 3.59. The summed E-state index contributed by atoms with van der Waals surface area (Å²) in [4.78, 5) is 39.3. The second-order valence-corrected chi connectivity index (χ2v) is 10.5. The van der Waals surface area contributed by atoms with Gasteiger partial charge in [0.25, 0.3) is 5.91 Å². The fourth-order valence-electron chi connectivity index (χ4n) is 5.20. The highest BCUT2D eigenvalue weighted by Gasteiger charge is 2.40. The number of piperidine rings is 1. The van der Waals surface area contributed by atoms with E-state index in [2.05, 4.69) is 10.6 Å². The molecule has 2 saturated heterocycles. The average Bonchev–Trinajstić information content (AvgIpc) is 3.26. The lowest BCUT2D eigenvalue weighted by Gasteiger charge is -2.47. The van der Waals surface area contributed by atoms with Crippen LogP contribution in [-0.2, 0) is 34.0 Å². The molecule has 5 rings (SSSR count). The molecule has 3 aliphatic heterocycles. The van der Waals surface area contributed by atoms with Gasteiger partial charge in [0.05, 0.1) is 11.2 Å². The average molecular weight is 530 g/mol. The van der Waals surface area contributed by atoms with Crippen molar-refractivity contribution in [3.05, 3.63) is 64.5 Å². The number of nitrogens with one attached hydrogen (secondary N) is 2. The number of fused-ring (bicyclic) bond motifs is 1. The molecule has 0 aromatic heterocycles. The van der Waals surface area contributed by atoms with Gasteiger partial charge in [-0.05, 0) is 57.8 Å². The Morgan fingerprint density at radius 3 is 2.71 bits per heavy atom. The van der Waals surface area contributed by atoms with Gasteiger partial charge < -0.3 is 15.0 Å². The maximum Gasteiger partial charge on any atom is 0.255 e. The van der Waals surface area contributed by atoms with Gasteiger partial charge in [-0.3, -0.25) is 24.6 Å². The SMILES string of the molecule is [2H]C([2H])([2H])C1(C)OC(C)(C)C([2H])([2H])N(Cc2ccc(CNc3cccc4c3CN(C3CCC(=O)NC3=O)C4=O)c(F)c2)C1([2H])[2H]. The summed E-state index contributed by atoms with van der Waals surface area (Å²) >= 11 is 0. The summed E-state index contributed by atoms with van der Waals surface area (Å²) in [5, 5.41) is 5.42. The van der Waals surface area contributed by atoms with Gasteiger partial charge in [0.2, 0.25) is 11.8 Å². The molecule has 0 bridgehead atoms. The Kier molecular flexibility index (Phi) is 4.86. The van der Waals surface area contributed by atoms with Gasteiger partial charge in [-0.1, -0.05) is 18.2 Å². The smallest absolute Gasteiger partial charge is 0.255 e. The van der Waals surface area contributed by atoms with E-state index in [0.29, 0.717) is 16.8 Å². The Morgan fingerprint density at radius 1 is 1.18 bits per heavy atom. The van der Waals surface area contributed by atoms with Crippen LogP contribution < -0.4 is 10.6 Å². The molecule has 2 unspecified atom stereocenters. The number of ether oxygens (including phenoxy) is 1. The summed E-state index contributed by atoms with van der Waals surface area (Å²) in [5.41, 5.74) is -2.04. The van der Waals surface area contributed by atoms with Crippen LogP contribution in [0.2, 0.25) is 0 Å². The number of hydrogen-bond acceptors (Lipinski definition) is 6. The van der Waals surface area contributed by atoms with Gasteiger partial charge in [0, 0.05) is 71.0 Å². The fraction of sp³-hybridized carbons (Fsp3) is 0.483. The van der Waals surface area contributed by atoms with Gasteiger partial charge in [-0.2, -0.15) is 0 Å². The Bertz CT molecular complexity index is 1570. The lowest BCUT2D eigenvalue weighted by Crippen LogP contribution is -2.56. The molecule has 3 heterocycles. The van der Waals surface area contributed by atoms with Crippen molar-refractivity contribution in [3.8, 4) is 0 Å². The summed E-state index contributed by atoms with van der Waals surface area (Å²) in [6, 6.07) is 8.43. The quantitative estimate of drug-likeness (QED) is 0.556. The molecule has 2 aromatic rings. The lowest BCUT2D eigenvalue weighted by molar-refractivity contribution is -0.182. The van der Waals surface area contributed by atoms with E-state index >= 15 is 4.39 Å². The highest BCUT2D eigenvalue weighted by atomic mass is 19.1. The zero-order chi connectivity index (χ0) is 33.3. The van der Waals surface area contributed by atoms with Crippen LogP contribution in [0.1, 0.15) is 77.1 Å². The molecule has 2 aromatic carbocycles. The van der Waals surface area contributed by atoms with Crippen LogP contribution in [0.3, 0.4) is 0 Å². The van der Waals surface area contributed by atoms with E-state index in [0.717, 1.165) is 17.9 Å². The number of carbonyl (C=O) groups is 3. The Hall–Kier alpha value is -3.30. The topological polar surface area (TPSA) is 91.0 Å². The molecule has 38 heavy (non-hydrogen) atoms. The van der Waals surface area contributed by atoms with Gasteiger partial charge in [-0.25, -0.2) is 4.39 Å². The number of halogens is 1. The molecule has 2 atom stereocenters. The van der Waals surface area contributed by atoms with Crippen molar-refractivity contribution >= 4 is 23.4 Å². The minimum Gasteiger partial charge on any atom is -0.381 e. The first-order valence-corrected chi connectivity index (χ1v) is 12.5. The number of morpholine rings is 1. The largest absolute Gasteiger partial charge is 0.381 e. The van der Waals surface area contributed by atoms with Crippen LogP contribution in [0, 0.1) is 5.82 Å². The minimum atomic E-state index is -2.94. The number of benzene rings is 2. The molecule has 2 fully saturated rings. The number of carbonyl (C=O) groups excluding carboxylic acids is 3. The Balaban J connectivity index is 1.34. The number of imide groups is 1. The molecule has 3 amide bonds. The Morgan fingerprint density at radius 2 is 1.97 bits per heavy atom. The summed E-state index contributed by atoms with van der Waals surface area (Å²) < 4.78 is 79.7. The van der Waals surface area contributed by atoms with E-state index < -0.39 is 55.4 Å². The van der Waals surface area contributed by atoms with E-state index in [9.17, 15) is 14.4 Å². The van der Waals surface area contributed by atoms with Crippen molar-refractivity contribution in [1.82, 2.24) is 15.1 Å². The molecule has 3 aliphatic rings. The Labute approximate surface area is 232 Å². The van der Waals surface area contributed by atoms with E-state index in [4.69, 9.17) is 14.3 Å². The molecule has 8 nitrogen and oxygen atoms in total. The molecule has 2 N–H and O–H groups in total. The summed E-state index contributed by atoms with van der Waals surface area (Å²) in [5.74, 6) is -1.88. The van der Waals surface area contributed by atoms with E-state index in [1.165, 1.54) is 30.9 Å². The van der Waals surface area contributed by atoms with Crippen molar-refractivity contribution in [2.24, 2.45) is 0 Å². The van der Waals surface area contributed by atoms with E-state index in [-0.39, 0.29) is 48.9 Å². The van der Waals surface area contributed by atoms with Crippen LogP contribution in [0.5, 0.6) is 0 Å².